The Labute approximate surface area is 143 Å². The monoisotopic (exact) mass is 330 g/mol. The summed E-state index contributed by atoms with van der Waals surface area (Å²) < 4.78 is 1.03. The van der Waals surface area contributed by atoms with Gasteiger partial charge in [0, 0.05) is 29.3 Å². The van der Waals surface area contributed by atoms with Crippen LogP contribution in [0.15, 0.2) is 35.9 Å². The van der Waals surface area contributed by atoms with Crippen molar-refractivity contribution in [3.8, 4) is 0 Å². The molecular formula is C19H23ClN2O. The highest BCUT2D eigenvalue weighted by Gasteiger charge is 2.75. The van der Waals surface area contributed by atoms with Crippen LogP contribution in [0.25, 0.3) is 10.9 Å². The molecule has 3 atom stereocenters. The molecule has 0 spiro atoms. The molecule has 0 saturated carbocycles. The van der Waals surface area contributed by atoms with E-state index in [-0.39, 0.29) is 17.9 Å². The number of aromatic amines is 1. The summed E-state index contributed by atoms with van der Waals surface area (Å²) in [7, 11) is 0. The van der Waals surface area contributed by atoms with Gasteiger partial charge in [0.1, 0.15) is 6.54 Å². The lowest BCUT2D eigenvalue weighted by atomic mass is 9.74. The van der Waals surface area contributed by atoms with E-state index in [1.54, 1.807) is 0 Å². The van der Waals surface area contributed by atoms with Gasteiger partial charge in [-0.1, -0.05) is 24.3 Å². The summed E-state index contributed by atoms with van der Waals surface area (Å²) >= 11 is 0. The van der Waals surface area contributed by atoms with E-state index in [4.69, 9.17) is 0 Å². The number of para-hydroxylation sites is 1. The van der Waals surface area contributed by atoms with Crippen LogP contribution in [0.2, 0.25) is 0 Å². The van der Waals surface area contributed by atoms with Crippen molar-refractivity contribution in [2.75, 3.05) is 19.6 Å². The molecule has 2 fully saturated rings. The Hall–Kier alpha value is -1.29. The van der Waals surface area contributed by atoms with Gasteiger partial charge in [0.05, 0.1) is 18.8 Å². The van der Waals surface area contributed by atoms with Crippen molar-refractivity contribution in [2.24, 2.45) is 0 Å². The second kappa shape index (κ2) is 4.41. The number of hydrogen-bond acceptors (Lipinski definition) is 1. The fourth-order valence-corrected chi connectivity index (χ4v) is 5.79. The van der Waals surface area contributed by atoms with Gasteiger partial charge in [0.15, 0.2) is 11.1 Å². The van der Waals surface area contributed by atoms with Crippen LogP contribution in [0.5, 0.6) is 0 Å². The normalized spacial score (nSPS) is 39.3. The lowest BCUT2D eigenvalue weighted by molar-refractivity contribution is -0.962. The van der Waals surface area contributed by atoms with Crippen LogP contribution in [0.3, 0.4) is 0 Å². The van der Waals surface area contributed by atoms with Gasteiger partial charge < -0.3 is 27.0 Å². The Morgan fingerprint density at radius 3 is 2.83 bits per heavy atom. The zero-order chi connectivity index (χ0) is 15.2. The Kier molecular flexibility index (Phi) is 2.92. The predicted octanol–water partition coefficient (Wildman–Crippen LogP) is -0.145. The molecule has 23 heavy (non-hydrogen) atoms. The minimum absolute atomic E-state index is 0. The SMILES string of the molecule is C/C=C1/C[N@@+]23CCc4c([nH]c5ccccc45)[C@@]2(C)[C@]1(O)CC3.[Cl-]. The number of hydrogen-bond donors (Lipinski definition) is 2. The predicted molar refractivity (Wildman–Crippen MR) is 87.5 cm³/mol. The van der Waals surface area contributed by atoms with Gasteiger partial charge in [-0.15, -0.1) is 0 Å². The molecular weight excluding hydrogens is 308 g/mol. The van der Waals surface area contributed by atoms with Gasteiger partial charge in [-0.05, 0) is 25.5 Å². The number of halogens is 1. The number of rotatable bonds is 0. The van der Waals surface area contributed by atoms with Gasteiger partial charge in [0.25, 0.3) is 0 Å². The highest BCUT2D eigenvalue weighted by atomic mass is 35.5. The number of allylic oxidation sites excluding steroid dienone is 1. The molecule has 3 nitrogen and oxygen atoms in total. The van der Waals surface area contributed by atoms with Crippen molar-refractivity contribution in [3.05, 3.63) is 47.2 Å². The number of nitrogens with zero attached hydrogens (tertiary/aromatic N) is 1. The topological polar surface area (TPSA) is 36.0 Å². The zero-order valence-electron chi connectivity index (χ0n) is 13.7. The van der Waals surface area contributed by atoms with Gasteiger partial charge >= 0.3 is 0 Å². The Morgan fingerprint density at radius 1 is 1.26 bits per heavy atom. The number of quaternary nitrogens is 1. The first-order chi connectivity index (χ1) is 10.6. The van der Waals surface area contributed by atoms with E-state index in [0.29, 0.717) is 0 Å². The number of benzene rings is 1. The first kappa shape index (κ1) is 15.3. The Bertz CT molecular complexity index is 841. The summed E-state index contributed by atoms with van der Waals surface area (Å²) in [6.07, 6.45) is 4.16. The van der Waals surface area contributed by atoms with E-state index < -0.39 is 5.60 Å². The lowest BCUT2D eigenvalue weighted by Crippen LogP contribution is -3.00. The van der Waals surface area contributed by atoms with Crippen molar-refractivity contribution in [1.29, 1.82) is 0 Å². The van der Waals surface area contributed by atoms with Crippen LogP contribution in [0.4, 0.5) is 0 Å². The van der Waals surface area contributed by atoms with Crippen LogP contribution in [-0.4, -0.2) is 39.8 Å². The number of piperidine rings is 1. The van der Waals surface area contributed by atoms with Crippen molar-refractivity contribution >= 4 is 10.9 Å². The van der Waals surface area contributed by atoms with E-state index >= 15 is 0 Å². The minimum atomic E-state index is -0.683. The van der Waals surface area contributed by atoms with Gasteiger partial charge in [0.2, 0.25) is 0 Å². The Balaban J connectivity index is 0.00000135. The number of nitrogens with one attached hydrogen (secondary N) is 1. The molecule has 3 aliphatic rings. The molecule has 0 amide bonds. The summed E-state index contributed by atoms with van der Waals surface area (Å²) in [5.74, 6) is 0. The first-order valence-electron chi connectivity index (χ1n) is 8.40. The first-order valence-corrected chi connectivity index (χ1v) is 8.40. The maximum Gasteiger partial charge on any atom is 0.171 e. The molecule has 1 aromatic heterocycles. The quantitative estimate of drug-likeness (QED) is 0.512. The summed E-state index contributed by atoms with van der Waals surface area (Å²) in [4.78, 5) is 3.69. The number of aliphatic hydroxyl groups is 1. The third-order valence-electron chi connectivity index (χ3n) is 7.10. The van der Waals surface area contributed by atoms with Crippen molar-refractivity contribution in [2.45, 2.75) is 37.8 Å². The molecule has 5 rings (SSSR count). The maximum absolute atomic E-state index is 11.6. The highest BCUT2D eigenvalue weighted by molar-refractivity contribution is 5.85. The smallest absolute Gasteiger partial charge is 0.171 e. The van der Waals surface area contributed by atoms with Crippen LogP contribution < -0.4 is 12.4 Å². The van der Waals surface area contributed by atoms with Crippen molar-refractivity contribution in [3.63, 3.8) is 0 Å². The third kappa shape index (κ3) is 1.41. The number of H-pyrrole nitrogens is 1. The minimum Gasteiger partial charge on any atom is -1.00 e. The fourth-order valence-electron chi connectivity index (χ4n) is 5.79. The zero-order valence-corrected chi connectivity index (χ0v) is 14.5. The molecule has 0 radical (unpaired) electrons. The van der Waals surface area contributed by atoms with E-state index in [9.17, 15) is 5.11 Å². The summed E-state index contributed by atoms with van der Waals surface area (Å²) in [5, 5.41) is 13.0. The van der Waals surface area contributed by atoms with Crippen LogP contribution in [-0.2, 0) is 12.0 Å². The third-order valence-corrected chi connectivity index (χ3v) is 7.10. The summed E-state index contributed by atoms with van der Waals surface area (Å²) in [6, 6.07) is 8.59. The van der Waals surface area contributed by atoms with Crippen LogP contribution >= 0.6 is 0 Å². The largest absolute Gasteiger partial charge is 1.00 e. The summed E-state index contributed by atoms with van der Waals surface area (Å²) in [5.41, 5.74) is 4.28. The average Bonchev–Trinajstić information content (AvgIpc) is 3.08. The van der Waals surface area contributed by atoms with Crippen molar-refractivity contribution in [1.82, 2.24) is 4.98 Å². The molecule has 122 valence electrons. The molecule has 4 heteroatoms. The molecule has 4 heterocycles. The van der Waals surface area contributed by atoms with Gasteiger partial charge in [-0.25, -0.2) is 0 Å². The second-order valence-electron chi connectivity index (χ2n) is 7.52. The van der Waals surface area contributed by atoms with E-state index in [1.807, 2.05) is 0 Å². The highest BCUT2D eigenvalue weighted by Crippen LogP contribution is 2.62. The molecule has 2 aromatic rings. The summed E-state index contributed by atoms with van der Waals surface area (Å²) in [6.45, 7) is 7.63. The standard InChI is InChI=1S/C19H23N2O.ClH/c1-3-13-12-21-10-8-15-14-6-4-5-7-16(14)20-17(15)18(21,2)19(13,22)9-11-21;/h3-7,20,22H,8-12H2,1-2H3;1H/q+1;/p-1/b13-3-;/t18-,19-,21-;/m0./s1. The van der Waals surface area contributed by atoms with E-state index in [0.717, 1.165) is 37.0 Å². The van der Waals surface area contributed by atoms with Crippen LogP contribution in [0.1, 0.15) is 31.5 Å². The van der Waals surface area contributed by atoms with Gasteiger partial charge in [-0.3, -0.25) is 0 Å². The molecule has 3 aliphatic heterocycles. The molecule has 2 bridgehead atoms. The van der Waals surface area contributed by atoms with E-state index in [2.05, 4.69) is 49.2 Å². The molecule has 0 aliphatic carbocycles. The van der Waals surface area contributed by atoms with E-state index in [1.165, 1.54) is 27.7 Å². The van der Waals surface area contributed by atoms with Crippen LogP contribution in [0, 0.1) is 0 Å². The lowest BCUT2D eigenvalue weighted by Gasteiger charge is -2.47. The Morgan fingerprint density at radius 2 is 2.04 bits per heavy atom. The average molecular weight is 331 g/mol. The van der Waals surface area contributed by atoms with Crippen molar-refractivity contribution < 1.29 is 22.0 Å². The molecule has 2 saturated heterocycles. The molecule has 0 unspecified atom stereocenters. The molecule has 2 N–H and O–H groups in total. The van der Waals surface area contributed by atoms with Gasteiger partial charge in [-0.2, -0.15) is 0 Å². The second-order valence-corrected chi connectivity index (χ2v) is 7.52. The fraction of sp³-hybridized carbons (Fsp3) is 0.474. The number of aromatic nitrogens is 1. The molecule has 1 aromatic carbocycles. The number of fused-ring (bicyclic) bond motifs is 3. The maximum atomic E-state index is 11.6.